The molecule has 0 radical (unpaired) electrons. The van der Waals surface area contributed by atoms with Crippen molar-refractivity contribution in [2.75, 3.05) is 12.3 Å². The number of hydrogen-bond acceptors (Lipinski definition) is 1. The Kier molecular flexibility index (Phi) is 1.66. The molecule has 0 N–H and O–H groups in total. The van der Waals surface area contributed by atoms with Crippen molar-refractivity contribution in [2.24, 2.45) is 0 Å². The van der Waals surface area contributed by atoms with Gasteiger partial charge < -0.3 is 4.57 Å². The minimum atomic E-state index is -1.88. The zero-order valence-electron chi connectivity index (χ0n) is 5.85. The summed E-state index contributed by atoms with van der Waals surface area (Å²) < 4.78 is 11.5. The van der Waals surface area contributed by atoms with E-state index in [0.29, 0.717) is 0 Å². The van der Waals surface area contributed by atoms with E-state index in [-0.39, 0.29) is 0 Å². The summed E-state index contributed by atoms with van der Waals surface area (Å²) in [6, 6.07) is 0. The SMILES string of the molecule is CCP1(=O)C=C=C(C)C1. The summed E-state index contributed by atoms with van der Waals surface area (Å²) in [6.07, 6.45) is 1.56. The van der Waals surface area contributed by atoms with Crippen molar-refractivity contribution in [1.82, 2.24) is 0 Å². The second kappa shape index (κ2) is 2.17. The minimum absolute atomic E-state index is 0.767. The summed E-state index contributed by atoms with van der Waals surface area (Å²) >= 11 is 0. The second-order valence-corrected chi connectivity index (χ2v) is 5.59. The maximum absolute atomic E-state index is 11.5. The zero-order valence-corrected chi connectivity index (χ0v) is 6.74. The van der Waals surface area contributed by atoms with Gasteiger partial charge in [-0.25, -0.2) is 0 Å². The standard InChI is InChI=1S/C7H11OP/c1-3-9(8)5-4-7(2)6-9/h5H,3,6H2,1-2H3. The van der Waals surface area contributed by atoms with E-state index in [1.807, 2.05) is 13.8 Å². The second-order valence-electron chi connectivity index (χ2n) is 2.48. The smallest absolute Gasteiger partial charge is 0.120 e. The van der Waals surface area contributed by atoms with Gasteiger partial charge in [-0.05, 0) is 12.5 Å². The number of allylic oxidation sites excluding steroid dienone is 1. The Morgan fingerprint density at radius 2 is 2.56 bits per heavy atom. The molecule has 0 aromatic carbocycles. The van der Waals surface area contributed by atoms with Crippen LogP contribution in [0.4, 0.5) is 0 Å². The van der Waals surface area contributed by atoms with E-state index in [9.17, 15) is 4.57 Å². The zero-order chi connectivity index (χ0) is 6.91. The molecule has 0 saturated carbocycles. The molecule has 2 heteroatoms. The Bertz CT molecular complexity index is 221. The molecule has 0 fully saturated rings. The van der Waals surface area contributed by atoms with Crippen LogP contribution in [-0.2, 0) is 4.57 Å². The first kappa shape index (κ1) is 6.86. The molecule has 0 aliphatic carbocycles. The van der Waals surface area contributed by atoms with Crippen molar-refractivity contribution >= 4 is 7.14 Å². The molecule has 1 nitrogen and oxygen atoms in total. The van der Waals surface area contributed by atoms with Crippen LogP contribution in [0, 0.1) is 0 Å². The average Bonchev–Trinajstić information content (AvgIpc) is 2.13. The van der Waals surface area contributed by atoms with Crippen molar-refractivity contribution in [3.63, 3.8) is 0 Å². The lowest BCUT2D eigenvalue weighted by molar-refractivity contribution is 0.583. The Balaban J connectivity index is 2.79. The Labute approximate surface area is 55.8 Å². The molecule has 50 valence electrons. The third-order valence-corrected chi connectivity index (χ3v) is 4.27. The maximum Gasteiger partial charge on any atom is 0.120 e. The topological polar surface area (TPSA) is 17.1 Å². The highest BCUT2D eigenvalue weighted by atomic mass is 31.2. The van der Waals surface area contributed by atoms with E-state index >= 15 is 0 Å². The summed E-state index contributed by atoms with van der Waals surface area (Å²) in [5.74, 6) is 1.77. The van der Waals surface area contributed by atoms with E-state index < -0.39 is 7.14 Å². The highest BCUT2D eigenvalue weighted by Gasteiger charge is 2.19. The lowest BCUT2D eigenvalue weighted by atomic mass is 10.4. The van der Waals surface area contributed by atoms with Crippen molar-refractivity contribution in [3.8, 4) is 0 Å². The van der Waals surface area contributed by atoms with Gasteiger partial charge in [0.1, 0.15) is 7.14 Å². The van der Waals surface area contributed by atoms with Gasteiger partial charge in [0.05, 0.1) is 0 Å². The van der Waals surface area contributed by atoms with E-state index in [1.165, 1.54) is 0 Å². The summed E-state index contributed by atoms with van der Waals surface area (Å²) in [5, 5.41) is 0. The minimum Gasteiger partial charge on any atom is -0.318 e. The Hall–Kier alpha value is -0.250. The number of rotatable bonds is 1. The summed E-state index contributed by atoms with van der Waals surface area (Å²) in [5.41, 5.74) is 4.13. The first-order valence-corrected chi connectivity index (χ1v) is 5.32. The fourth-order valence-electron chi connectivity index (χ4n) is 0.924. The summed E-state index contributed by atoms with van der Waals surface area (Å²) in [6.45, 7) is 3.95. The van der Waals surface area contributed by atoms with Crippen LogP contribution in [0.5, 0.6) is 0 Å². The molecule has 1 atom stereocenters. The van der Waals surface area contributed by atoms with Crippen LogP contribution in [-0.4, -0.2) is 12.3 Å². The van der Waals surface area contributed by atoms with E-state index in [4.69, 9.17) is 0 Å². The lowest BCUT2D eigenvalue weighted by Gasteiger charge is -2.03. The monoisotopic (exact) mass is 142 g/mol. The molecule has 0 aromatic rings. The first-order chi connectivity index (χ1) is 4.16. The molecule has 0 bridgehead atoms. The van der Waals surface area contributed by atoms with Crippen molar-refractivity contribution in [3.05, 3.63) is 17.1 Å². The van der Waals surface area contributed by atoms with Crippen LogP contribution in [0.25, 0.3) is 0 Å². The van der Waals surface area contributed by atoms with Crippen LogP contribution in [0.3, 0.4) is 0 Å². The van der Waals surface area contributed by atoms with Gasteiger partial charge >= 0.3 is 0 Å². The molecule has 0 amide bonds. The first-order valence-electron chi connectivity index (χ1n) is 3.17. The van der Waals surface area contributed by atoms with Crippen molar-refractivity contribution in [1.29, 1.82) is 0 Å². The quantitative estimate of drug-likeness (QED) is 0.406. The molecular weight excluding hydrogens is 131 g/mol. The van der Waals surface area contributed by atoms with Gasteiger partial charge in [-0.15, -0.1) is 5.73 Å². The average molecular weight is 142 g/mol. The number of hydrogen-bond donors (Lipinski definition) is 0. The summed E-state index contributed by atoms with van der Waals surface area (Å²) in [7, 11) is -1.88. The highest BCUT2D eigenvalue weighted by molar-refractivity contribution is 7.67. The van der Waals surface area contributed by atoms with Gasteiger partial charge in [-0.3, -0.25) is 0 Å². The Morgan fingerprint density at radius 3 is 2.78 bits per heavy atom. The van der Waals surface area contributed by atoms with Crippen molar-refractivity contribution < 1.29 is 4.57 Å². The molecule has 0 spiro atoms. The van der Waals surface area contributed by atoms with Crippen LogP contribution in [0.2, 0.25) is 0 Å². The lowest BCUT2D eigenvalue weighted by Crippen LogP contribution is -1.84. The van der Waals surface area contributed by atoms with Gasteiger partial charge in [0.25, 0.3) is 0 Å². The van der Waals surface area contributed by atoms with Crippen LogP contribution in [0.15, 0.2) is 17.1 Å². The third-order valence-electron chi connectivity index (χ3n) is 1.59. The van der Waals surface area contributed by atoms with Crippen LogP contribution < -0.4 is 0 Å². The van der Waals surface area contributed by atoms with Crippen LogP contribution in [0.1, 0.15) is 13.8 Å². The molecule has 1 unspecified atom stereocenters. The van der Waals surface area contributed by atoms with Gasteiger partial charge in [0.2, 0.25) is 0 Å². The molecule has 1 aliphatic rings. The highest BCUT2D eigenvalue weighted by Crippen LogP contribution is 2.50. The van der Waals surface area contributed by atoms with Gasteiger partial charge in [-0.1, -0.05) is 6.92 Å². The molecule has 9 heavy (non-hydrogen) atoms. The van der Waals surface area contributed by atoms with E-state index in [0.717, 1.165) is 17.9 Å². The van der Waals surface area contributed by atoms with Crippen LogP contribution >= 0.6 is 7.14 Å². The normalized spacial score (nSPS) is 32.9. The maximum atomic E-state index is 11.5. The van der Waals surface area contributed by atoms with Gasteiger partial charge in [0, 0.05) is 18.1 Å². The fraction of sp³-hybridized carbons (Fsp3) is 0.571. The molecule has 1 aliphatic heterocycles. The molecule has 1 heterocycles. The Morgan fingerprint density at radius 1 is 1.89 bits per heavy atom. The molecular formula is C7H11OP. The largest absolute Gasteiger partial charge is 0.318 e. The van der Waals surface area contributed by atoms with Crippen molar-refractivity contribution in [2.45, 2.75) is 13.8 Å². The van der Waals surface area contributed by atoms with Gasteiger partial charge in [0.15, 0.2) is 0 Å². The molecule has 1 rings (SSSR count). The molecule has 0 aromatic heterocycles. The van der Waals surface area contributed by atoms with Gasteiger partial charge in [-0.2, -0.15) is 0 Å². The predicted molar refractivity (Wildman–Crippen MR) is 40.3 cm³/mol. The van der Waals surface area contributed by atoms with E-state index in [1.54, 1.807) is 5.82 Å². The summed E-state index contributed by atoms with van der Waals surface area (Å²) in [4.78, 5) is 0. The predicted octanol–water partition coefficient (Wildman–Crippen LogP) is 2.44. The van der Waals surface area contributed by atoms with E-state index in [2.05, 4.69) is 5.73 Å². The molecule has 0 saturated heterocycles. The third kappa shape index (κ3) is 1.36. The fourth-order valence-corrected chi connectivity index (χ4v) is 2.77.